The zero-order valence-electron chi connectivity index (χ0n) is 10.8. The van der Waals surface area contributed by atoms with E-state index < -0.39 is 5.91 Å². The van der Waals surface area contributed by atoms with E-state index in [-0.39, 0.29) is 21.4 Å². The minimum atomic E-state index is -0.406. The molecule has 0 saturated heterocycles. The number of halogens is 2. The molecule has 2 rings (SSSR count). The van der Waals surface area contributed by atoms with Crippen molar-refractivity contribution in [3.8, 4) is 5.75 Å². The van der Waals surface area contributed by atoms with Crippen molar-refractivity contribution in [3.63, 3.8) is 0 Å². The summed E-state index contributed by atoms with van der Waals surface area (Å²) >= 11 is 11.7. The second-order valence-electron chi connectivity index (χ2n) is 4.47. The highest BCUT2D eigenvalue weighted by atomic mass is 35.5. The van der Waals surface area contributed by atoms with Gasteiger partial charge in [-0.3, -0.25) is 4.79 Å². The number of hydrogen-bond acceptors (Lipinski definition) is 3. The van der Waals surface area contributed by atoms with Gasteiger partial charge < -0.3 is 15.2 Å². The molecular formula is C14H15Cl2NO3. The van der Waals surface area contributed by atoms with Gasteiger partial charge in [0.1, 0.15) is 5.75 Å². The normalized spacial score (nSPS) is 14.8. The lowest BCUT2D eigenvalue weighted by Gasteiger charge is -2.14. The zero-order valence-corrected chi connectivity index (χ0v) is 12.3. The number of hydrogen-bond donors (Lipinski definition) is 2. The highest BCUT2D eigenvalue weighted by molar-refractivity contribution is 6.37. The van der Waals surface area contributed by atoms with Crippen LogP contribution in [0, 0.1) is 0 Å². The largest absolute Gasteiger partial charge is 0.507 e. The molecule has 2 N–H and O–H groups in total. The summed E-state index contributed by atoms with van der Waals surface area (Å²) in [6.07, 6.45) is 3.69. The summed E-state index contributed by atoms with van der Waals surface area (Å²) in [4.78, 5) is 12.0. The second-order valence-corrected chi connectivity index (χ2v) is 5.32. The summed E-state index contributed by atoms with van der Waals surface area (Å²) in [5, 5.41) is 12.9. The Morgan fingerprint density at radius 3 is 2.85 bits per heavy atom. The maximum Gasteiger partial charge on any atom is 0.256 e. The number of ether oxygens (including phenoxy) is 1. The number of amides is 1. The number of aromatic hydroxyl groups is 1. The van der Waals surface area contributed by atoms with Gasteiger partial charge in [0.2, 0.25) is 0 Å². The number of phenols is 1. The van der Waals surface area contributed by atoms with Crippen LogP contribution in [0.3, 0.4) is 0 Å². The van der Waals surface area contributed by atoms with Gasteiger partial charge in [-0.05, 0) is 25.0 Å². The predicted molar refractivity (Wildman–Crippen MR) is 78.6 cm³/mol. The highest BCUT2D eigenvalue weighted by Crippen LogP contribution is 2.29. The molecule has 6 heteroatoms. The number of carbonyl (C=O) groups excluding carboxylic acids is 1. The van der Waals surface area contributed by atoms with Crippen LogP contribution in [0.2, 0.25) is 10.0 Å². The van der Waals surface area contributed by atoms with Crippen LogP contribution in [0.1, 0.15) is 23.2 Å². The van der Waals surface area contributed by atoms with Crippen LogP contribution in [0.4, 0.5) is 0 Å². The molecule has 0 aromatic heterocycles. The van der Waals surface area contributed by atoms with E-state index in [0.29, 0.717) is 13.2 Å². The van der Waals surface area contributed by atoms with Crippen LogP contribution < -0.4 is 5.32 Å². The molecule has 0 spiro atoms. The van der Waals surface area contributed by atoms with Gasteiger partial charge in [-0.1, -0.05) is 34.9 Å². The number of nitrogens with one attached hydrogen (secondary N) is 1. The van der Waals surface area contributed by atoms with Crippen molar-refractivity contribution in [3.05, 3.63) is 39.4 Å². The standard InChI is InChI=1S/C14H15Cl2NO3/c15-10-7-11(16)13(12(18)8-10)14(19)17-4-1-9-2-5-20-6-3-9/h2,7-8,18H,1,3-6H2,(H,17,19). The van der Waals surface area contributed by atoms with Crippen LogP contribution >= 0.6 is 23.2 Å². The van der Waals surface area contributed by atoms with Crippen molar-refractivity contribution in [2.45, 2.75) is 12.8 Å². The van der Waals surface area contributed by atoms with E-state index in [1.807, 2.05) is 6.08 Å². The first kappa shape index (κ1) is 15.2. The summed E-state index contributed by atoms with van der Waals surface area (Å²) in [5.41, 5.74) is 1.32. The molecule has 0 radical (unpaired) electrons. The van der Waals surface area contributed by atoms with Crippen LogP contribution in [-0.4, -0.2) is 30.8 Å². The molecule has 0 aliphatic carbocycles. The lowest BCUT2D eigenvalue weighted by atomic mass is 10.1. The number of benzene rings is 1. The maximum absolute atomic E-state index is 12.0. The van der Waals surface area contributed by atoms with Crippen LogP contribution in [0.25, 0.3) is 0 Å². The summed E-state index contributed by atoms with van der Waals surface area (Å²) in [7, 11) is 0. The maximum atomic E-state index is 12.0. The minimum absolute atomic E-state index is 0.0528. The third-order valence-electron chi connectivity index (χ3n) is 3.05. The lowest BCUT2D eigenvalue weighted by molar-refractivity contribution is 0.0951. The molecule has 1 aromatic carbocycles. The monoisotopic (exact) mass is 315 g/mol. The average molecular weight is 316 g/mol. The van der Waals surface area contributed by atoms with Gasteiger partial charge in [-0.25, -0.2) is 0 Å². The molecule has 1 aromatic rings. The van der Waals surface area contributed by atoms with Crippen molar-refractivity contribution in [2.24, 2.45) is 0 Å². The summed E-state index contributed by atoms with van der Waals surface area (Å²) in [6, 6.07) is 2.72. The molecular weight excluding hydrogens is 301 g/mol. The van der Waals surface area contributed by atoms with E-state index in [9.17, 15) is 9.90 Å². The van der Waals surface area contributed by atoms with Crippen molar-refractivity contribution >= 4 is 29.1 Å². The van der Waals surface area contributed by atoms with Gasteiger partial charge in [-0.15, -0.1) is 0 Å². The van der Waals surface area contributed by atoms with Gasteiger partial charge >= 0.3 is 0 Å². The molecule has 0 saturated carbocycles. The zero-order chi connectivity index (χ0) is 14.5. The fourth-order valence-electron chi connectivity index (χ4n) is 2.00. The van der Waals surface area contributed by atoms with E-state index in [1.165, 1.54) is 17.7 Å². The lowest BCUT2D eigenvalue weighted by Crippen LogP contribution is -2.25. The van der Waals surface area contributed by atoms with E-state index in [4.69, 9.17) is 27.9 Å². The number of phenolic OH excluding ortho intramolecular Hbond substituents is 1. The smallest absolute Gasteiger partial charge is 0.256 e. The first-order chi connectivity index (χ1) is 9.58. The Bertz CT molecular complexity index is 520. The van der Waals surface area contributed by atoms with E-state index in [2.05, 4.69) is 5.32 Å². The highest BCUT2D eigenvalue weighted by Gasteiger charge is 2.16. The van der Waals surface area contributed by atoms with Crippen molar-refractivity contribution in [1.29, 1.82) is 0 Å². The Labute approximate surface area is 127 Å². The fraction of sp³-hybridized carbons (Fsp3) is 0.357. The minimum Gasteiger partial charge on any atom is -0.507 e. The predicted octanol–water partition coefficient (Wildman–Crippen LogP) is 3.17. The van der Waals surface area contributed by atoms with Gasteiger partial charge in [0.25, 0.3) is 5.91 Å². The van der Waals surface area contributed by atoms with Gasteiger partial charge in [0.05, 0.1) is 23.8 Å². The SMILES string of the molecule is O=C(NCCC1=CCOCC1)c1c(O)cc(Cl)cc1Cl. The molecule has 108 valence electrons. The van der Waals surface area contributed by atoms with E-state index in [1.54, 1.807) is 0 Å². The topological polar surface area (TPSA) is 58.6 Å². The van der Waals surface area contributed by atoms with Crippen molar-refractivity contribution in [2.75, 3.05) is 19.8 Å². The van der Waals surface area contributed by atoms with Gasteiger partial charge in [-0.2, -0.15) is 0 Å². The Balaban J connectivity index is 1.93. The molecule has 1 aliphatic heterocycles. The Kier molecular flexibility index (Phi) is 5.29. The molecule has 20 heavy (non-hydrogen) atoms. The first-order valence-corrected chi connectivity index (χ1v) is 7.05. The Morgan fingerprint density at radius 1 is 1.40 bits per heavy atom. The van der Waals surface area contributed by atoms with Crippen LogP contribution in [-0.2, 0) is 4.74 Å². The molecule has 1 aliphatic rings. The summed E-state index contributed by atoms with van der Waals surface area (Å²) in [5.74, 6) is -0.623. The third kappa shape index (κ3) is 3.88. The molecule has 0 bridgehead atoms. The fourth-order valence-corrected chi connectivity index (χ4v) is 2.57. The number of rotatable bonds is 4. The van der Waals surface area contributed by atoms with Gasteiger partial charge in [0, 0.05) is 11.6 Å². The average Bonchev–Trinajstić information content (AvgIpc) is 2.38. The van der Waals surface area contributed by atoms with Gasteiger partial charge in [0.15, 0.2) is 0 Å². The second kappa shape index (κ2) is 6.97. The molecule has 0 atom stereocenters. The van der Waals surface area contributed by atoms with Crippen molar-refractivity contribution < 1.29 is 14.6 Å². The molecule has 4 nitrogen and oxygen atoms in total. The molecule has 1 heterocycles. The van der Waals surface area contributed by atoms with E-state index in [0.717, 1.165) is 19.4 Å². The Hall–Kier alpha value is -1.23. The quantitative estimate of drug-likeness (QED) is 0.839. The van der Waals surface area contributed by atoms with Crippen molar-refractivity contribution in [1.82, 2.24) is 5.32 Å². The summed E-state index contributed by atoms with van der Waals surface area (Å²) in [6.45, 7) is 1.85. The first-order valence-electron chi connectivity index (χ1n) is 6.30. The Morgan fingerprint density at radius 2 is 2.20 bits per heavy atom. The third-order valence-corrected chi connectivity index (χ3v) is 3.57. The van der Waals surface area contributed by atoms with E-state index >= 15 is 0 Å². The summed E-state index contributed by atoms with van der Waals surface area (Å²) < 4.78 is 5.21. The van der Waals surface area contributed by atoms with Crippen LogP contribution in [0.5, 0.6) is 5.75 Å². The van der Waals surface area contributed by atoms with Crippen LogP contribution in [0.15, 0.2) is 23.8 Å². The number of carbonyl (C=O) groups is 1. The molecule has 0 unspecified atom stereocenters. The molecule has 1 amide bonds. The molecule has 0 fully saturated rings.